The third kappa shape index (κ3) is 4.27. The third-order valence-electron chi connectivity index (χ3n) is 3.06. The van der Waals surface area contributed by atoms with Crippen molar-refractivity contribution in [1.82, 2.24) is 5.32 Å². The molecule has 2 aromatic rings. The lowest BCUT2D eigenvalue weighted by molar-refractivity contribution is -0.122. The number of hydrogen-bond acceptors (Lipinski definition) is 5. The first kappa shape index (κ1) is 15.5. The molecule has 2 rings (SSSR count). The zero-order chi connectivity index (χ0) is 15.3. The summed E-state index contributed by atoms with van der Waals surface area (Å²) in [5, 5.41) is 14.6. The summed E-state index contributed by atoms with van der Waals surface area (Å²) in [4.78, 5) is 24.2. The molecule has 6 heteroatoms. The van der Waals surface area contributed by atoms with Crippen LogP contribution in [0.2, 0.25) is 0 Å². The number of thiophene rings is 1. The molecule has 2 aromatic heterocycles. The van der Waals surface area contributed by atoms with Crippen LogP contribution in [0.1, 0.15) is 35.2 Å². The molecule has 21 heavy (non-hydrogen) atoms. The van der Waals surface area contributed by atoms with Crippen LogP contribution in [0.15, 0.2) is 40.3 Å². The monoisotopic (exact) mass is 307 g/mol. The van der Waals surface area contributed by atoms with E-state index in [2.05, 4.69) is 5.32 Å². The van der Waals surface area contributed by atoms with Gasteiger partial charge >= 0.3 is 0 Å². The zero-order valence-corrected chi connectivity index (χ0v) is 12.5. The summed E-state index contributed by atoms with van der Waals surface area (Å²) >= 11 is 1.36. The van der Waals surface area contributed by atoms with Crippen LogP contribution in [0, 0.1) is 0 Å². The van der Waals surface area contributed by atoms with Gasteiger partial charge < -0.3 is 14.8 Å². The van der Waals surface area contributed by atoms with Crippen molar-refractivity contribution in [3.63, 3.8) is 0 Å². The Balaban J connectivity index is 1.76. The Labute approximate surface area is 126 Å². The van der Waals surface area contributed by atoms with E-state index in [4.69, 9.17) is 4.42 Å². The van der Waals surface area contributed by atoms with Gasteiger partial charge in [0, 0.05) is 12.8 Å². The highest BCUT2D eigenvalue weighted by atomic mass is 32.1. The second-order valence-electron chi connectivity index (χ2n) is 4.93. The van der Waals surface area contributed by atoms with Crippen molar-refractivity contribution in [3.8, 4) is 0 Å². The number of nitrogens with one attached hydrogen (secondary N) is 1. The van der Waals surface area contributed by atoms with Gasteiger partial charge in [0.15, 0.2) is 5.78 Å². The fourth-order valence-electron chi connectivity index (χ4n) is 1.82. The van der Waals surface area contributed by atoms with E-state index in [1.165, 1.54) is 17.6 Å². The molecule has 0 bridgehead atoms. The number of carbonyl (C=O) groups is 2. The van der Waals surface area contributed by atoms with Gasteiger partial charge in [-0.25, -0.2) is 0 Å². The summed E-state index contributed by atoms with van der Waals surface area (Å²) in [5.41, 5.74) is -1.27. The number of ketones is 1. The number of aliphatic hydroxyl groups is 1. The first-order valence-corrected chi connectivity index (χ1v) is 7.47. The number of amides is 1. The summed E-state index contributed by atoms with van der Waals surface area (Å²) in [5.74, 6) is 0.0714. The van der Waals surface area contributed by atoms with Crippen molar-refractivity contribution in [1.29, 1.82) is 0 Å². The minimum atomic E-state index is -1.27. The molecule has 112 valence electrons. The first-order chi connectivity index (χ1) is 9.99. The van der Waals surface area contributed by atoms with E-state index in [9.17, 15) is 14.7 Å². The molecule has 0 radical (unpaired) electrons. The van der Waals surface area contributed by atoms with Crippen LogP contribution in [-0.4, -0.2) is 23.3 Å². The molecule has 5 nitrogen and oxygen atoms in total. The Morgan fingerprint density at radius 1 is 1.33 bits per heavy atom. The predicted octanol–water partition coefficient (Wildman–Crippen LogP) is 2.33. The van der Waals surface area contributed by atoms with E-state index in [0.29, 0.717) is 10.6 Å². The van der Waals surface area contributed by atoms with Gasteiger partial charge in [-0.15, -0.1) is 11.3 Å². The van der Waals surface area contributed by atoms with E-state index in [0.717, 1.165) is 0 Å². The number of furan rings is 1. The summed E-state index contributed by atoms with van der Waals surface area (Å²) in [7, 11) is 0. The van der Waals surface area contributed by atoms with Crippen molar-refractivity contribution in [3.05, 3.63) is 46.5 Å². The van der Waals surface area contributed by atoms with Crippen molar-refractivity contribution in [2.24, 2.45) is 0 Å². The van der Waals surface area contributed by atoms with E-state index < -0.39 is 5.60 Å². The third-order valence-corrected chi connectivity index (χ3v) is 3.97. The van der Waals surface area contributed by atoms with Crippen molar-refractivity contribution in [2.75, 3.05) is 6.54 Å². The molecule has 0 saturated heterocycles. The van der Waals surface area contributed by atoms with Gasteiger partial charge in [0.25, 0.3) is 0 Å². The van der Waals surface area contributed by atoms with E-state index >= 15 is 0 Å². The van der Waals surface area contributed by atoms with Crippen molar-refractivity contribution < 1.29 is 19.1 Å². The minimum Gasteiger partial charge on any atom is -0.466 e. The Kier molecular flexibility index (Phi) is 4.93. The normalized spacial score (nSPS) is 13.6. The molecule has 0 saturated carbocycles. The molecule has 1 atom stereocenters. The van der Waals surface area contributed by atoms with Crippen LogP contribution in [0.3, 0.4) is 0 Å². The molecule has 2 heterocycles. The van der Waals surface area contributed by atoms with Crippen LogP contribution in [0.25, 0.3) is 0 Å². The number of hydrogen-bond donors (Lipinski definition) is 2. The minimum absolute atomic E-state index is 0.0343. The van der Waals surface area contributed by atoms with Crippen LogP contribution in [0.5, 0.6) is 0 Å². The topological polar surface area (TPSA) is 79.5 Å². The van der Waals surface area contributed by atoms with Crippen molar-refractivity contribution in [2.45, 2.75) is 25.4 Å². The quantitative estimate of drug-likeness (QED) is 0.769. The van der Waals surface area contributed by atoms with E-state index in [1.807, 2.05) is 5.38 Å². The molecular formula is C15H17NO4S. The number of Topliss-reactive ketones (excluding diaryl/α,β-unsaturated/α-hetero) is 1. The van der Waals surface area contributed by atoms with E-state index in [1.54, 1.807) is 31.2 Å². The van der Waals surface area contributed by atoms with Gasteiger partial charge in [0.1, 0.15) is 11.4 Å². The first-order valence-electron chi connectivity index (χ1n) is 6.59. The van der Waals surface area contributed by atoms with E-state index in [-0.39, 0.29) is 31.1 Å². The fourth-order valence-corrected chi connectivity index (χ4v) is 2.51. The van der Waals surface area contributed by atoms with Gasteiger partial charge in [-0.1, -0.05) is 6.07 Å². The summed E-state index contributed by atoms with van der Waals surface area (Å²) in [6, 6.07) is 6.86. The lowest BCUT2D eigenvalue weighted by Gasteiger charge is -2.21. The van der Waals surface area contributed by atoms with Gasteiger partial charge in [0.05, 0.1) is 17.7 Å². The lowest BCUT2D eigenvalue weighted by atomic mass is 10.0. The second kappa shape index (κ2) is 6.69. The second-order valence-corrected chi connectivity index (χ2v) is 5.88. The maximum absolute atomic E-state index is 11.8. The van der Waals surface area contributed by atoms with Gasteiger partial charge in [0.2, 0.25) is 5.91 Å². The van der Waals surface area contributed by atoms with Gasteiger partial charge in [-0.2, -0.15) is 0 Å². The maximum atomic E-state index is 11.8. The summed E-state index contributed by atoms with van der Waals surface area (Å²) < 4.78 is 5.12. The lowest BCUT2D eigenvalue weighted by Crippen LogP contribution is -2.38. The Morgan fingerprint density at radius 3 is 2.76 bits per heavy atom. The Hall–Kier alpha value is -1.92. The predicted molar refractivity (Wildman–Crippen MR) is 79.2 cm³/mol. The molecule has 0 aliphatic rings. The molecule has 2 N–H and O–H groups in total. The number of carbonyl (C=O) groups excluding carboxylic acids is 2. The van der Waals surface area contributed by atoms with Crippen LogP contribution >= 0.6 is 11.3 Å². The SMILES string of the molecule is CC(O)(CNC(=O)CCC(=O)c1cccs1)c1ccco1. The average Bonchev–Trinajstić information content (AvgIpc) is 3.14. The van der Waals surface area contributed by atoms with Crippen LogP contribution in [0.4, 0.5) is 0 Å². The van der Waals surface area contributed by atoms with Gasteiger partial charge in [-0.05, 0) is 30.5 Å². The standard InChI is InChI=1S/C15H17NO4S/c1-15(19,13-5-2-8-20-13)10-16-14(18)7-6-11(17)12-4-3-9-21-12/h2-5,8-9,19H,6-7,10H2,1H3,(H,16,18). The van der Waals surface area contributed by atoms with Gasteiger partial charge in [-0.3, -0.25) is 9.59 Å². The average molecular weight is 307 g/mol. The highest BCUT2D eigenvalue weighted by Crippen LogP contribution is 2.19. The number of rotatable bonds is 7. The molecule has 1 amide bonds. The highest BCUT2D eigenvalue weighted by Gasteiger charge is 2.26. The Morgan fingerprint density at radius 2 is 2.14 bits per heavy atom. The smallest absolute Gasteiger partial charge is 0.220 e. The summed E-state index contributed by atoms with van der Waals surface area (Å²) in [6.45, 7) is 1.59. The van der Waals surface area contributed by atoms with Crippen molar-refractivity contribution >= 4 is 23.0 Å². The van der Waals surface area contributed by atoms with Crippen LogP contribution < -0.4 is 5.32 Å². The zero-order valence-electron chi connectivity index (χ0n) is 11.7. The highest BCUT2D eigenvalue weighted by molar-refractivity contribution is 7.12. The molecule has 0 aliphatic heterocycles. The molecule has 0 fully saturated rings. The maximum Gasteiger partial charge on any atom is 0.220 e. The molecule has 0 aliphatic carbocycles. The molecule has 0 spiro atoms. The molecular weight excluding hydrogens is 290 g/mol. The summed E-state index contributed by atoms with van der Waals surface area (Å²) in [6.07, 6.45) is 1.73. The fraction of sp³-hybridized carbons (Fsp3) is 0.333. The molecule has 0 aromatic carbocycles. The Bertz CT molecular complexity index is 587. The van der Waals surface area contributed by atoms with Crippen LogP contribution in [-0.2, 0) is 10.4 Å². The largest absolute Gasteiger partial charge is 0.466 e. The molecule has 1 unspecified atom stereocenters.